The van der Waals surface area contributed by atoms with Gasteiger partial charge in [0, 0.05) is 30.5 Å². The van der Waals surface area contributed by atoms with Crippen LogP contribution in [0.3, 0.4) is 0 Å². The molecule has 0 radical (unpaired) electrons. The molecule has 0 unspecified atom stereocenters. The van der Waals surface area contributed by atoms with E-state index < -0.39 is 12.2 Å². The molecule has 0 aliphatic rings. The topological polar surface area (TPSA) is 179 Å². The number of alkyl carbamates (subject to hydrolysis) is 2. The number of carbonyl (C=O) groups excluding carboxylic acids is 2. The van der Waals surface area contributed by atoms with E-state index in [0.717, 1.165) is 25.4 Å². The number of thioether (sulfide) groups is 11. The molecule has 0 spiro atoms. The van der Waals surface area contributed by atoms with Crippen molar-refractivity contribution < 1.29 is 48.8 Å². The van der Waals surface area contributed by atoms with Crippen LogP contribution >= 0.6 is 129 Å². The summed E-state index contributed by atoms with van der Waals surface area (Å²) in [6.45, 7) is 0. The van der Waals surface area contributed by atoms with Crippen molar-refractivity contribution in [3.63, 3.8) is 0 Å². The molecule has 0 fully saturated rings. The Morgan fingerprint density at radius 2 is 0.933 bits per heavy atom. The molecule has 0 aliphatic carbocycles. The number of nitrogens with one attached hydrogen (secondary N) is 2. The van der Waals surface area contributed by atoms with Gasteiger partial charge in [-0.3, -0.25) is 0 Å². The summed E-state index contributed by atoms with van der Waals surface area (Å²) in [5, 5.41) is 27.1. The SMILES string of the molecule is O=C(NCSCSCN=COOCSCSCSCOC(=O)NCSCSCN=COOCSCSCO)OCSCSCO. The maximum absolute atomic E-state index is 11.7. The first-order chi connectivity index (χ1) is 22.2. The van der Waals surface area contributed by atoms with Crippen LogP contribution in [0.5, 0.6) is 0 Å². The molecule has 14 nitrogen and oxygen atoms in total. The summed E-state index contributed by atoms with van der Waals surface area (Å²) in [5.74, 6) is 3.33. The molecule has 0 saturated heterocycles. The summed E-state index contributed by atoms with van der Waals surface area (Å²) in [7, 11) is 0. The Labute approximate surface area is 310 Å². The number of nitrogens with zero attached hydrogens (tertiary/aromatic N) is 2. The van der Waals surface area contributed by atoms with Crippen molar-refractivity contribution in [2.45, 2.75) is 0 Å². The van der Waals surface area contributed by atoms with Gasteiger partial charge in [-0.1, -0.05) is 0 Å². The van der Waals surface area contributed by atoms with Gasteiger partial charge in [-0.2, -0.15) is 9.78 Å². The van der Waals surface area contributed by atoms with E-state index in [4.69, 9.17) is 39.2 Å². The lowest BCUT2D eigenvalue weighted by Crippen LogP contribution is -2.23. The fourth-order valence-electron chi connectivity index (χ4n) is 1.68. The quantitative estimate of drug-likeness (QED) is 0.0153. The third-order valence-corrected chi connectivity index (χ3v) is 14.2. The first-order valence-corrected chi connectivity index (χ1v) is 24.8. The normalized spacial score (nSPS) is 11.2. The minimum Gasteiger partial charge on any atom is -0.438 e. The van der Waals surface area contributed by atoms with E-state index in [1.54, 1.807) is 58.8 Å². The molecule has 0 aromatic rings. The Morgan fingerprint density at radius 1 is 0.533 bits per heavy atom. The molecule has 0 saturated carbocycles. The van der Waals surface area contributed by atoms with Gasteiger partial charge in [0.2, 0.25) is 12.8 Å². The Kier molecular flexibility index (Phi) is 42.4. The highest BCUT2D eigenvalue weighted by atomic mass is 32.2. The summed E-state index contributed by atoms with van der Waals surface area (Å²) in [4.78, 5) is 50.8. The molecule has 0 atom stereocenters. The molecule has 2 amide bonds. The summed E-state index contributed by atoms with van der Waals surface area (Å²) >= 11 is 16.6. The Balaban J connectivity index is 3.27. The predicted octanol–water partition coefficient (Wildman–Crippen LogP) is 5.76. The smallest absolute Gasteiger partial charge is 0.408 e. The Hall–Kier alpha value is 1.17. The van der Waals surface area contributed by atoms with E-state index in [-0.39, 0.29) is 23.8 Å². The van der Waals surface area contributed by atoms with Gasteiger partial charge in [0.25, 0.3) is 0 Å². The van der Waals surface area contributed by atoms with Crippen LogP contribution in [0.4, 0.5) is 9.59 Å². The molecular formula is C20H38N4O10S11. The zero-order valence-corrected chi connectivity index (χ0v) is 33.0. The number of aliphatic imine (C=N–C) groups is 2. The largest absolute Gasteiger partial charge is 0.438 e. The van der Waals surface area contributed by atoms with Crippen LogP contribution in [-0.4, -0.2) is 125 Å². The minimum absolute atomic E-state index is 0.0567. The van der Waals surface area contributed by atoms with Crippen molar-refractivity contribution in [3.8, 4) is 0 Å². The number of carbonyl (C=O) groups is 2. The second-order valence-corrected chi connectivity index (χ2v) is 19.2. The number of hydrogen-bond donors (Lipinski definition) is 4. The number of rotatable bonds is 34. The fraction of sp³-hybridized carbons (Fsp3) is 0.800. The third kappa shape index (κ3) is 41.3. The van der Waals surface area contributed by atoms with Crippen LogP contribution in [0.15, 0.2) is 9.98 Å². The van der Waals surface area contributed by atoms with Crippen molar-refractivity contribution in [2.24, 2.45) is 9.98 Å². The first-order valence-electron chi connectivity index (χ1n) is 12.1. The van der Waals surface area contributed by atoms with Crippen molar-refractivity contribution in [2.75, 3.05) is 89.6 Å². The summed E-state index contributed by atoms with van der Waals surface area (Å²) in [6, 6.07) is 0. The third-order valence-electron chi connectivity index (χ3n) is 3.33. The van der Waals surface area contributed by atoms with E-state index in [1.807, 2.05) is 0 Å². The van der Waals surface area contributed by atoms with Gasteiger partial charge >= 0.3 is 12.2 Å². The second kappa shape index (κ2) is 41.3. The van der Waals surface area contributed by atoms with Crippen LogP contribution < -0.4 is 10.6 Å². The van der Waals surface area contributed by atoms with Crippen LogP contribution in [0.25, 0.3) is 0 Å². The van der Waals surface area contributed by atoms with Gasteiger partial charge in [-0.25, -0.2) is 19.6 Å². The second-order valence-electron chi connectivity index (χ2n) is 6.45. The molecule has 25 heteroatoms. The lowest BCUT2D eigenvalue weighted by Gasteiger charge is -2.06. The lowest BCUT2D eigenvalue weighted by molar-refractivity contribution is -0.196. The maximum atomic E-state index is 11.7. The average Bonchev–Trinajstić information content (AvgIpc) is 3.04. The summed E-state index contributed by atoms with van der Waals surface area (Å²) in [5.41, 5.74) is 0. The number of amides is 2. The molecule has 0 aromatic heterocycles. The van der Waals surface area contributed by atoms with Gasteiger partial charge in [0.05, 0.1) is 35.4 Å². The standard InChI is InChI=1S/C20H38N4O10S11/c25-7-39-15-41-9-29-19(27)23-5-37-13-36-4-22-2-32-34-12-44-18-45-17-42-10-30-20(28)24-6-38-14-35-3-21-1-31-33-11-43-16-40-8-26/h1-2,25-26H,3-18H2,(H,23,27)(H,24,28). The monoisotopic (exact) mass is 846 g/mol. The Bertz CT molecular complexity index is 730. The fourth-order valence-corrected chi connectivity index (χ4v) is 9.74. The molecule has 45 heavy (non-hydrogen) atoms. The van der Waals surface area contributed by atoms with Crippen LogP contribution in [-0.2, 0) is 29.0 Å². The highest BCUT2D eigenvalue weighted by Crippen LogP contribution is 2.18. The molecule has 0 bridgehead atoms. The van der Waals surface area contributed by atoms with Gasteiger partial charge in [0.1, 0.15) is 23.8 Å². The first kappa shape index (κ1) is 46.2. The van der Waals surface area contributed by atoms with Gasteiger partial charge in [-0.05, 0) is 0 Å². The van der Waals surface area contributed by atoms with Gasteiger partial charge in [-0.15, -0.1) is 129 Å². The van der Waals surface area contributed by atoms with Gasteiger partial charge in [0.15, 0.2) is 0 Å². The van der Waals surface area contributed by atoms with E-state index in [1.165, 1.54) is 83.4 Å². The molecule has 264 valence electrons. The summed E-state index contributed by atoms with van der Waals surface area (Å²) in [6.07, 6.45) is 1.60. The van der Waals surface area contributed by atoms with E-state index in [2.05, 4.69) is 20.6 Å². The van der Waals surface area contributed by atoms with Crippen molar-refractivity contribution in [3.05, 3.63) is 0 Å². The van der Waals surface area contributed by atoms with E-state index >= 15 is 0 Å². The van der Waals surface area contributed by atoms with E-state index in [9.17, 15) is 9.59 Å². The van der Waals surface area contributed by atoms with E-state index in [0.29, 0.717) is 40.5 Å². The van der Waals surface area contributed by atoms with Gasteiger partial charge < -0.3 is 40.1 Å². The zero-order valence-electron chi connectivity index (χ0n) is 24.0. The van der Waals surface area contributed by atoms with Crippen LogP contribution in [0, 0.1) is 0 Å². The number of aliphatic hydroxyl groups excluding tert-OH is 2. The van der Waals surface area contributed by atoms with Crippen molar-refractivity contribution >= 4 is 154 Å². The molecular weight excluding hydrogens is 809 g/mol. The average molecular weight is 847 g/mol. The number of hydrogen-bond acceptors (Lipinski definition) is 23. The minimum atomic E-state index is -0.460. The van der Waals surface area contributed by atoms with Crippen molar-refractivity contribution in [1.82, 2.24) is 10.6 Å². The summed E-state index contributed by atoms with van der Waals surface area (Å²) < 4.78 is 10.1. The molecule has 0 aliphatic heterocycles. The molecule has 0 aromatic carbocycles. The number of ether oxygens (including phenoxy) is 2. The van der Waals surface area contributed by atoms with Crippen LogP contribution in [0.2, 0.25) is 0 Å². The maximum Gasteiger partial charge on any atom is 0.408 e. The molecule has 4 N–H and O–H groups in total. The highest BCUT2D eigenvalue weighted by molar-refractivity contribution is 8.22. The Morgan fingerprint density at radius 3 is 1.38 bits per heavy atom. The predicted molar refractivity (Wildman–Crippen MR) is 206 cm³/mol. The lowest BCUT2D eigenvalue weighted by atomic mass is 11.1. The van der Waals surface area contributed by atoms with Crippen molar-refractivity contribution in [1.29, 1.82) is 0 Å². The number of aliphatic hydroxyl groups is 2. The highest BCUT2D eigenvalue weighted by Gasteiger charge is 2.02. The molecule has 0 rings (SSSR count). The molecule has 0 heterocycles. The zero-order chi connectivity index (χ0) is 32.7. The van der Waals surface area contributed by atoms with Crippen LogP contribution in [0.1, 0.15) is 0 Å².